The first-order valence-corrected chi connectivity index (χ1v) is 5.04. The summed E-state index contributed by atoms with van der Waals surface area (Å²) in [5, 5.41) is 11.2. The topological polar surface area (TPSA) is 92.4 Å². The van der Waals surface area contributed by atoms with E-state index in [1.807, 2.05) is 6.92 Å². The molecule has 0 saturated carbocycles. The number of rotatable bonds is 6. The van der Waals surface area contributed by atoms with Gasteiger partial charge in [0.05, 0.1) is 0 Å². The fourth-order valence-corrected chi connectivity index (χ4v) is 0.960. The maximum atomic E-state index is 11.4. The first kappa shape index (κ1) is 13.9. The van der Waals surface area contributed by atoms with E-state index >= 15 is 0 Å². The first-order chi connectivity index (χ1) is 6.79. The molecule has 0 aliphatic heterocycles. The van der Waals surface area contributed by atoms with Crippen LogP contribution in [0, 0.1) is 5.92 Å². The Labute approximate surface area is 90.0 Å². The van der Waals surface area contributed by atoms with Crippen molar-refractivity contribution in [2.45, 2.75) is 39.2 Å². The number of nitrogens with one attached hydrogen (secondary N) is 1. The van der Waals surface area contributed by atoms with Crippen molar-refractivity contribution in [2.75, 3.05) is 6.54 Å². The molecule has 88 valence electrons. The van der Waals surface area contributed by atoms with Crippen molar-refractivity contribution in [3.8, 4) is 0 Å². The molecule has 1 amide bonds. The molecule has 4 N–H and O–H groups in total. The van der Waals surface area contributed by atoms with Crippen LogP contribution in [-0.4, -0.2) is 29.1 Å². The van der Waals surface area contributed by atoms with Crippen molar-refractivity contribution in [2.24, 2.45) is 11.7 Å². The summed E-state index contributed by atoms with van der Waals surface area (Å²) in [5.74, 6) is -1.01. The molecule has 0 heterocycles. The van der Waals surface area contributed by atoms with Crippen LogP contribution >= 0.6 is 0 Å². The lowest BCUT2D eigenvalue weighted by Crippen LogP contribution is -2.49. The molecule has 0 rings (SSSR count). The third-order valence-corrected chi connectivity index (χ3v) is 2.25. The number of carboxylic acids is 1. The highest BCUT2D eigenvalue weighted by atomic mass is 16.4. The van der Waals surface area contributed by atoms with Crippen LogP contribution in [-0.2, 0) is 9.59 Å². The summed E-state index contributed by atoms with van der Waals surface area (Å²) in [7, 11) is 0. The average molecular weight is 216 g/mol. The lowest BCUT2D eigenvalue weighted by Gasteiger charge is -2.21. The largest absolute Gasteiger partial charge is 0.480 e. The lowest BCUT2D eigenvalue weighted by molar-refractivity contribution is -0.146. The summed E-state index contributed by atoms with van der Waals surface area (Å²) in [6, 6.07) is 0. The van der Waals surface area contributed by atoms with Crippen molar-refractivity contribution in [3.05, 3.63) is 0 Å². The monoisotopic (exact) mass is 216 g/mol. The predicted octanol–water partition coefficient (Wildman–Crippen LogP) is 0.341. The van der Waals surface area contributed by atoms with Crippen LogP contribution < -0.4 is 11.1 Å². The summed E-state index contributed by atoms with van der Waals surface area (Å²) in [4.78, 5) is 22.1. The number of aliphatic carboxylic acids is 1. The van der Waals surface area contributed by atoms with Crippen LogP contribution in [0.4, 0.5) is 0 Å². The van der Waals surface area contributed by atoms with E-state index in [9.17, 15) is 9.59 Å². The zero-order chi connectivity index (χ0) is 12.1. The maximum absolute atomic E-state index is 11.4. The Morgan fingerprint density at radius 2 is 2.00 bits per heavy atom. The molecule has 0 radical (unpaired) electrons. The van der Waals surface area contributed by atoms with Gasteiger partial charge in [0.2, 0.25) is 5.91 Å². The first-order valence-electron chi connectivity index (χ1n) is 5.04. The molecule has 1 atom stereocenters. The minimum atomic E-state index is -1.21. The van der Waals surface area contributed by atoms with Crippen molar-refractivity contribution < 1.29 is 14.7 Å². The predicted molar refractivity (Wildman–Crippen MR) is 57.3 cm³/mol. The van der Waals surface area contributed by atoms with E-state index in [1.54, 1.807) is 0 Å². The number of hydrogen-bond donors (Lipinski definition) is 3. The Bertz CT molecular complexity index is 239. The van der Waals surface area contributed by atoms with Crippen molar-refractivity contribution in [1.82, 2.24) is 5.32 Å². The second-order valence-corrected chi connectivity index (χ2v) is 4.36. The van der Waals surface area contributed by atoms with Gasteiger partial charge in [0.15, 0.2) is 0 Å². The van der Waals surface area contributed by atoms with Crippen LogP contribution in [0.1, 0.15) is 33.6 Å². The molecular formula is C10H20N2O3. The van der Waals surface area contributed by atoms with Gasteiger partial charge in [-0.1, -0.05) is 6.92 Å². The van der Waals surface area contributed by atoms with Crippen LogP contribution in [0.15, 0.2) is 0 Å². The number of carbonyl (C=O) groups is 2. The van der Waals surface area contributed by atoms with Gasteiger partial charge in [-0.15, -0.1) is 0 Å². The van der Waals surface area contributed by atoms with Crippen LogP contribution in [0.2, 0.25) is 0 Å². The third kappa shape index (κ3) is 5.37. The molecule has 1 unspecified atom stereocenters. The van der Waals surface area contributed by atoms with E-state index < -0.39 is 11.5 Å². The zero-order valence-corrected chi connectivity index (χ0v) is 9.54. The molecule has 15 heavy (non-hydrogen) atoms. The Morgan fingerprint density at radius 3 is 2.40 bits per heavy atom. The molecule has 0 aliphatic rings. The lowest BCUT2D eigenvalue weighted by atomic mass is 10.0. The minimum absolute atomic E-state index is 0.247. The number of carboxylic acid groups (broad SMARTS) is 1. The average Bonchev–Trinajstić information content (AvgIpc) is 2.13. The Hall–Kier alpha value is -1.10. The molecule has 0 aromatic rings. The Morgan fingerprint density at radius 1 is 1.47 bits per heavy atom. The minimum Gasteiger partial charge on any atom is -0.480 e. The summed E-state index contributed by atoms with van der Waals surface area (Å²) in [6.07, 6.45) is 0.993. The van der Waals surface area contributed by atoms with Gasteiger partial charge in [0.1, 0.15) is 5.54 Å². The van der Waals surface area contributed by atoms with E-state index in [1.165, 1.54) is 13.8 Å². The highest BCUT2D eigenvalue weighted by molar-refractivity contribution is 5.86. The van der Waals surface area contributed by atoms with E-state index in [0.29, 0.717) is 19.4 Å². The molecule has 0 spiro atoms. The Balaban J connectivity index is 3.99. The zero-order valence-electron chi connectivity index (χ0n) is 9.54. The standard InChI is InChI=1S/C10H20N2O3/c1-7(6-11)4-5-8(13)12-10(2,3)9(14)15/h7H,4-6,11H2,1-3H3,(H,12,13)(H,14,15). The molecule has 0 aromatic carbocycles. The van der Waals surface area contributed by atoms with Gasteiger partial charge < -0.3 is 16.2 Å². The number of amides is 1. The molecule has 0 aromatic heterocycles. The van der Waals surface area contributed by atoms with Gasteiger partial charge in [-0.3, -0.25) is 4.79 Å². The second-order valence-electron chi connectivity index (χ2n) is 4.36. The van der Waals surface area contributed by atoms with Gasteiger partial charge in [0.25, 0.3) is 0 Å². The third-order valence-electron chi connectivity index (χ3n) is 2.25. The van der Waals surface area contributed by atoms with Crippen LogP contribution in [0.3, 0.4) is 0 Å². The molecule has 5 nitrogen and oxygen atoms in total. The fourth-order valence-electron chi connectivity index (χ4n) is 0.960. The van der Waals surface area contributed by atoms with Gasteiger partial charge in [0, 0.05) is 6.42 Å². The molecule has 5 heteroatoms. The SMILES string of the molecule is CC(CN)CCC(=O)NC(C)(C)C(=O)O. The van der Waals surface area contributed by atoms with Gasteiger partial charge in [-0.05, 0) is 32.7 Å². The van der Waals surface area contributed by atoms with E-state index in [4.69, 9.17) is 10.8 Å². The number of hydrogen-bond acceptors (Lipinski definition) is 3. The van der Waals surface area contributed by atoms with Gasteiger partial charge in [-0.2, -0.15) is 0 Å². The highest BCUT2D eigenvalue weighted by Gasteiger charge is 2.28. The van der Waals surface area contributed by atoms with E-state index in [-0.39, 0.29) is 11.8 Å². The maximum Gasteiger partial charge on any atom is 0.328 e. The Kier molecular flexibility index (Phi) is 5.28. The van der Waals surface area contributed by atoms with Gasteiger partial charge >= 0.3 is 5.97 Å². The smallest absolute Gasteiger partial charge is 0.328 e. The van der Waals surface area contributed by atoms with E-state index in [0.717, 1.165) is 0 Å². The van der Waals surface area contributed by atoms with Crippen LogP contribution in [0.25, 0.3) is 0 Å². The van der Waals surface area contributed by atoms with E-state index in [2.05, 4.69) is 5.32 Å². The molecule has 0 bridgehead atoms. The number of carbonyl (C=O) groups excluding carboxylic acids is 1. The van der Waals surface area contributed by atoms with Crippen molar-refractivity contribution in [1.29, 1.82) is 0 Å². The van der Waals surface area contributed by atoms with Crippen LogP contribution in [0.5, 0.6) is 0 Å². The summed E-state index contributed by atoms with van der Waals surface area (Å²) >= 11 is 0. The number of nitrogens with two attached hydrogens (primary N) is 1. The second kappa shape index (κ2) is 5.70. The highest BCUT2D eigenvalue weighted by Crippen LogP contribution is 2.06. The summed E-state index contributed by atoms with van der Waals surface area (Å²) < 4.78 is 0. The normalized spacial score (nSPS) is 13.3. The molecular weight excluding hydrogens is 196 g/mol. The molecule has 0 saturated heterocycles. The molecule has 0 fully saturated rings. The quantitative estimate of drug-likeness (QED) is 0.597. The fraction of sp³-hybridized carbons (Fsp3) is 0.800. The summed E-state index contributed by atoms with van der Waals surface area (Å²) in [6.45, 7) is 5.41. The summed E-state index contributed by atoms with van der Waals surface area (Å²) in [5.41, 5.74) is 4.20. The van der Waals surface area contributed by atoms with Gasteiger partial charge in [-0.25, -0.2) is 4.79 Å². The van der Waals surface area contributed by atoms with Crippen molar-refractivity contribution in [3.63, 3.8) is 0 Å². The molecule has 0 aliphatic carbocycles. The van der Waals surface area contributed by atoms with Crippen molar-refractivity contribution >= 4 is 11.9 Å².